The number of hydrazine groups is 1. The standard InChI is InChI=1S/C15H14BrN3O3S/c16-11-5-7-12(8-6-11)23(20,21)19-17-10-9-15-18-13-3-1-2-4-14(13)22-15/h1-8,17,19H,9-10H2. The number of rotatable bonds is 6. The minimum absolute atomic E-state index is 0.190. The molecule has 0 radical (unpaired) electrons. The maximum Gasteiger partial charge on any atom is 0.253 e. The molecule has 0 aliphatic rings. The first-order valence-electron chi connectivity index (χ1n) is 6.89. The molecule has 0 aliphatic carbocycles. The van der Waals surface area contributed by atoms with Crippen LogP contribution >= 0.6 is 15.9 Å². The summed E-state index contributed by atoms with van der Waals surface area (Å²) in [6.07, 6.45) is 0.470. The molecule has 0 fully saturated rings. The number of oxazole rings is 1. The molecule has 2 aromatic carbocycles. The van der Waals surface area contributed by atoms with Crippen LogP contribution < -0.4 is 10.3 Å². The third kappa shape index (κ3) is 3.97. The number of hydrogen-bond donors (Lipinski definition) is 2. The van der Waals surface area contributed by atoms with Crippen molar-refractivity contribution in [2.24, 2.45) is 0 Å². The highest BCUT2D eigenvalue weighted by Crippen LogP contribution is 2.15. The Morgan fingerprint density at radius 2 is 1.83 bits per heavy atom. The van der Waals surface area contributed by atoms with Gasteiger partial charge in [0.25, 0.3) is 10.0 Å². The molecule has 1 aromatic heterocycles. The van der Waals surface area contributed by atoms with E-state index >= 15 is 0 Å². The highest BCUT2D eigenvalue weighted by atomic mass is 79.9. The summed E-state index contributed by atoms with van der Waals surface area (Å²) in [5.74, 6) is 0.557. The maximum absolute atomic E-state index is 12.1. The summed E-state index contributed by atoms with van der Waals surface area (Å²) >= 11 is 3.27. The van der Waals surface area contributed by atoms with Crippen LogP contribution in [0.4, 0.5) is 0 Å². The molecule has 0 aliphatic heterocycles. The first-order chi connectivity index (χ1) is 11.0. The Morgan fingerprint density at radius 3 is 2.57 bits per heavy atom. The van der Waals surface area contributed by atoms with Crippen molar-refractivity contribution < 1.29 is 12.8 Å². The number of nitrogens with zero attached hydrogens (tertiary/aromatic N) is 1. The molecule has 0 unspecified atom stereocenters. The van der Waals surface area contributed by atoms with Crippen molar-refractivity contribution >= 4 is 37.1 Å². The third-order valence-electron chi connectivity index (χ3n) is 3.13. The number of benzene rings is 2. The van der Waals surface area contributed by atoms with E-state index in [0.717, 1.165) is 15.6 Å². The predicted octanol–water partition coefficient (Wildman–Crippen LogP) is 2.62. The van der Waals surface area contributed by atoms with E-state index in [-0.39, 0.29) is 4.90 Å². The van der Waals surface area contributed by atoms with Crippen molar-refractivity contribution in [1.82, 2.24) is 15.2 Å². The van der Waals surface area contributed by atoms with E-state index < -0.39 is 10.0 Å². The molecule has 3 rings (SSSR count). The second-order valence-electron chi connectivity index (χ2n) is 4.81. The number of sulfonamides is 1. The van der Waals surface area contributed by atoms with E-state index in [4.69, 9.17) is 4.42 Å². The van der Waals surface area contributed by atoms with Gasteiger partial charge in [-0.3, -0.25) is 0 Å². The molecule has 2 N–H and O–H groups in total. The smallest absolute Gasteiger partial charge is 0.253 e. The molecule has 0 spiro atoms. The molecule has 1 heterocycles. The fourth-order valence-corrected chi connectivity index (χ4v) is 3.18. The van der Waals surface area contributed by atoms with Crippen LogP contribution in [0.15, 0.2) is 62.3 Å². The number of fused-ring (bicyclic) bond motifs is 1. The van der Waals surface area contributed by atoms with Crippen molar-refractivity contribution in [2.75, 3.05) is 6.54 Å². The van der Waals surface area contributed by atoms with Gasteiger partial charge in [-0.1, -0.05) is 28.1 Å². The zero-order valence-corrected chi connectivity index (χ0v) is 14.4. The molecule has 0 atom stereocenters. The predicted molar refractivity (Wildman–Crippen MR) is 90.2 cm³/mol. The number of hydrogen-bond acceptors (Lipinski definition) is 5. The van der Waals surface area contributed by atoms with Crippen LogP contribution in [-0.2, 0) is 16.4 Å². The Labute approximate surface area is 142 Å². The molecule has 23 heavy (non-hydrogen) atoms. The van der Waals surface area contributed by atoms with Crippen LogP contribution in [0.25, 0.3) is 11.1 Å². The molecule has 0 bridgehead atoms. The topological polar surface area (TPSA) is 84.2 Å². The molecule has 0 saturated heterocycles. The number of nitrogens with one attached hydrogen (secondary N) is 2. The fraction of sp³-hybridized carbons (Fsp3) is 0.133. The summed E-state index contributed by atoms with van der Waals surface area (Å²) in [5.41, 5.74) is 4.19. The Morgan fingerprint density at radius 1 is 1.09 bits per heavy atom. The highest BCUT2D eigenvalue weighted by molar-refractivity contribution is 9.10. The Hall–Kier alpha value is -1.74. The van der Waals surface area contributed by atoms with Crippen molar-refractivity contribution in [2.45, 2.75) is 11.3 Å². The molecular formula is C15H14BrN3O3S. The van der Waals surface area contributed by atoms with Gasteiger partial charge < -0.3 is 4.42 Å². The van der Waals surface area contributed by atoms with Crippen molar-refractivity contribution in [3.63, 3.8) is 0 Å². The van der Waals surface area contributed by atoms with E-state index in [1.54, 1.807) is 12.1 Å². The molecule has 0 saturated carbocycles. The van der Waals surface area contributed by atoms with Gasteiger partial charge in [0, 0.05) is 17.4 Å². The Balaban J connectivity index is 1.55. The molecule has 0 amide bonds. The van der Waals surface area contributed by atoms with Gasteiger partial charge in [0.1, 0.15) is 5.52 Å². The zero-order valence-electron chi connectivity index (χ0n) is 12.0. The average molecular weight is 396 g/mol. The monoisotopic (exact) mass is 395 g/mol. The molecule has 6 nitrogen and oxygen atoms in total. The van der Waals surface area contributed by atoms with Gasteiger partial charge in [0.15, 0.2) is 11.5 Å². The van der Waals surface area contributed by atoms with Crippen LogP contribution in [-0.4, -0.2) is 19.9 Å². The molecule has 8 heteroatoms. The lowest BCUT2D eigenvalue weighted by Gasteiger charge is -2.07. The van der Waals surface area contributed by atoms with Gasteiger partial charge in [-0.2, -0.15) is 0 Å². The van der Waals surface area contributed by atoms with Gasteiger partial charge in [0.2, 0.25) is 0 Å². The summed E-state index contributed by atoms with van der Waals surface area (Å²) in [6.45, 7) is 0.364. The van der Waals surface area contributed by atoms with Crippen molar-refractivity contribution in [3.8, 4) is 0 Å². The molecular weight excluding hydrogens is 382 g/mol. The van der Waals surface area contributed by atoms with Crippen LogP contribution in [0.5, 0.6) is 0 Å². The fourth-order valence-electron chi connectivity index (χ4n) is 2.02. The van der Waals surface area contributed by atoms with Crippen LogP contribution in [0.1, 0.15) is 5.89 Å². The SMILES string of the molecule is O=S(=O)(NNCCc1nc2ccccc2o1)c1ccc(Br)cc1. The lowest BCUT2D eigenvalue weighted by Crippen LogP contribution is -2.38. The maximum atomic E-state index is 12.1. The van der Waals surface area contributed by atoms with Gasteiger partial charge in [-0.05, 0) is 36.4 Å². The largest absolute Gasteiger partial charge is 0.441 e. The summed E-state index contributed by atoms with van der Waals surface area (Å²) in [7, 11) is -3.59. The lowest BCUT2D eigenvalue weighted by molar-refractivity contribution is 0.504. The van der Waals surface area contributed by atoms with Crippen LogP contribution in [0, 0.1) is 0 Å². The van der Waals surface area contributed by atoms with E-state index in [1.165, 1.54) is 12.1 Å². The van der Waals surface area contributed by atoms with E-state index in [2.05, 4.69) is 31.2 Å². The van der Waals surface area contributed by atoms with Gasteiger partial charge in [-0.15, -0.1) is 4.83 Å². The van der Waals surface area contributed by atoms with E-state index in [9.17, 15) is 8.42 Å². The quantitative estimate of drug-likeness (QED) is 0.494. The summed E-state index contributed by atoms with van der Waals surface area (Å²) in [5, 5.41) is 0. The second kappa shape index (κ2) is 6.79. The number of aromatic nitrogens is 1. The zero-order chi connectivity index (χ0) is 16.3. The van der Waals surface area contributed by atoms with E-state index in [0.29, 0.717) is 18.9 Å². The normalized spacial score (nSPS) is 11.9. The van der Waals surface area contributed by atoms with Crippen molar-refractivity contribution in [3.05, 3.63) is 58.9 Å². The van der Waals surface area contributed by atoms with Gasteiger partial charge in [0.05, 0.1) is 4.90 Å². The minimum Gasteiger partial charge on any atom is -0.441 e. The van der Waals surface area contributed by atoms with Gasteiger partial charge in [-0.25, -0.2) is 18.8 Å². The number of halogens is 1. The summed E-state index contributed by atoms with van der Waals surface area (Å²) in [4.78, 5) is 6.85. The van der Waals surface area contributed by atoms with Gasteiger partial charge >= 0.3 is 0 Å². The lowest BCUT2D eigenvalue weighted by atomic mass is 10.3. The van der Waals surface area contributed by atoms with Crippen LogP contribution in [0.3, 0.4) is 0 Å². The Kier molecular flexibility index (Phi) is 4.76. The van der Waals surface area contributed by atoms with Crippen LogP contribution in [0.2, 0.25) is 0 Å². The summed E-state index contributed by atoms with van der Waals surface area (Å²) < 4.78 is 30.5. The van der Waals surface area contributed by atoms with Crippen molar-refractivity contribution in [1.29, 1.82) is 0 Å². The Bertz CT molecular complexity index is 874. The first kappa shape index (κ1) is 16.1. The van der Waals surface area contributed by atoms with E-state index in [1.807, 2.05) is 24.3 Å². The minimum atomic E-state index is -3.59. The molecule has 120 valence electrons. The highest BCUT2D eigenvalue weighted by Gasteiger charge is 2.13. The molecule has 3 aromatic rings. The second-order valence-corrected chi connectivity index (χ2v) is 7.41. The number of para-hydroxylation sites is 2. The average Bonchev–Trinajstić information content (AvgIpc) is 2.95. The first-order valence-corrected chi connectivity index (χ1v) is 9.17. The third-order valence-corrected chi connectivity index (χ3v) is 4.97. The summed E-state index contributed by atoms with van der Waals surface area (Å²) in [6, 6.07) is 13.9.